The second kappa shape index (κ2) is 10.5. The van der Waals surface area contributed by atoms with Gasteiger partial charge in [-0.3, -0.25) is 4.98 Å². The highest BCUT2D eigenvalue weighted by Gasteiger charge is 2.18. The molecule has 1 aliphatic carbocycles. The maximum atomic E-state index is 11.5. The molecule has 0 aliphatic heterocycles. The molecule has 0 radical (unpaired) electrons. The van der Waals surface area contributed by atoms with E-state index in [2.05, 4.69) is 11.9 Å². The lowest BCUT2D eigenvalue weighted by Gasteiger charge is -2.19. The van der Waals surface area contributed by atoms with E-state index in [1.54, 1.807) is 18.3 Å². The molecule has 1 N–H and O–H groups in total. The number of aromatic nitrogens is 4. The van der Waals surface area contributed by atoms with Crippen molar-refractivity contribution >= 4 is 5.97 Å². The first-order valence-electron chi connectivity index (χ1n) is 11.8. The van der Waals surface area contributed by atoms with Gasteiger partial charge in [0.1, 0.15) is 5.82 Å². The molecule has 6 heteroatoms. The Labute approximate surface area is 189 Å². The number of nitrogens with zero attached hydrogens (tertiary/aromatic N) is 4. The monoisotopic (exact) mass is 432 g/mol. The van der Waals surface area contributed by atoms with Gasteiger partial charge in [-0.15, -0.1) is 0 Å². The Morgan fingerprint density at radius 2 is 1.94 bits per heavy atom. The normalized spacial score (nSPS) is 14.5. The summed E-state index contributed by atoms with van der Waals surface area (Å²) in [6.07, 6.45) is 12.5. The third-order valence-corrected chi connectivity index (χ3v) is 6.35. The third-order valence-electron chi connectivity index (χ3n) is 6.35. The smallest absolute Gasteiger partial charge is 0.336 e. The fraction of sp³-hybridized carbons (Fsp3) is 0.462. The van der Waals surface area contributed by atoms with E-state index in [1.165, 1.54) is 32.1 Å². The van der Waals surface area contributed by atoms with E-state index >= 15 is 0 Å². The Balaban J connectivity index is 1.52. The predicted octanol–water partition coefficient (Wildman–Crippen LogP) is 5.55. The first-order chi connectivity index (χ1) is 15.6. The Morgan fingerprint density at radius 1 is 1.12 bits per heavy atom. The minimum atomic E-state index is -0.932. The molecule has 2 heterocycles. The number of carboxylic acids is 1. The predicted molar refractivity (Wildman–Crippen MR) is 125 cm³/mol. The lowest BCUT2D eigenvalue weighted by Crippen LogP contribution is -2.11. The quantitative estimate of drug-likeness (QED) is 0.479. The van der Waals surface area contributed by atoms with Crippen LogP contribution in [0.2, 0.25) is 0 Å². The Kier molecular flexibility index (Phi) is 7.30. The van der Waals surface area contributed by atoms with E-state index in [0.717, 1.165) is 48.6 Å². The van der Waals surface area contributed by atoms with E-state index < -0.39 is 5.97 Å². The molecule has 1 fully saturated rings. The van der Waals surface area contributed by atoms with Crippen LogP contribution in [-0.2, 0) is 19.4 Å². The number of carboxylic acid groups (broad SMARTS) is 1. The van der Waals surface area contributed by atoms with Crippen molar-refractivity contribution < 1.29 is 9.90 Å². The Hall–Kier alpha value is -3.02. The van der Waals surface area contributed by atoms with Crippen LogP contribution in [0.3, 0.4) is 0 Å². The highest BCUT2D eigenvalue weighted by atomic mass is 16.4. The molecule has 2 aromatic heterocycles. The summed E-state index contributed by atoms with van der Waals surface area (Å²) in [6.45, 7) is 2.77. The molecule has 6 nitrogen and oxygen atoms in total. The summed E-state index contributed by atoms with van der Waals surface area (Å²) in [7, 11) is 0. The molecular weight excluding hydrogens is 400 g/mol. The lowest BCUT2D eigenvalue weighted by atomic mass is 9.87. The van der Waals surface area contributed by atoms with Crippen LogP contribution < -0.4 is 0 Å². The molecule has 1 saturated carbocycles. The van der Waals surface area contributed by atoms with Crippen LogP contribution in [-0.4, -0.2) is 30.8 Å². The standard InChI is InChI=1S/C26H32N4O2/c1-2-3-13-25-28-24(16-19-9-5-4-6-10-19)29-30(25)18-21-15-14-20(17-27-21)22-11-7-8-12-23(22)26(31)32/h7-8,11-12,14-15,17,19H,2-6,9-10,13,16,18H2,1H3,(H,31,32). The van der Waals surface area contributed by atoms with Crippen molar-refractivity contribution in [2.45, 2.75) is 71.3 Å². The summed E-state index contributed by atoms with van der Waals surface area (Å²) in [4.78, 5) is 21.0. The van der Waals surface area contributed by atoms with Gasteiger partial charge < -0.3 is 5.11 Å². The largest absolute Gasteiger partial charge is 0.478 e. The molecule has 32 heavy (non-hydrogen) atoms. The highest BCUT2D eigenvalue weighted by Crippen LogP contribution is 2.26. The minimum Gasteiger partial charge on any atom is -0.478 e. The molecule has 3 aromatic rings. The average Bonchev–Trinajstić information content (AvgIpc) is 3.19. The van der Waals surface area contributed by atoms with Gasteiger partial charge in [0, 0.05) is 24.6 Å². The van der Waals surface area contributed by atoms with Gasteiger partial charge in [0.25, 0.3) is 0 Å². The summed E-state index contributed by atoms with van der Waals surface area (Å²) in [5.74, 6) is 1.79. The van der Waals surface area contributed by atoms with Gasteiger partial charge in [0.05, 0.1) is 17.8 Å². The van der Waals surface area contributed by atoms with Crippen LogP contribution in [0.4, 0.5) is 0 Å². The van der Waals surface area contributed by atoms with Crippen molar-refractivity contribution in [2.24, 2.45) is 5.92 Å². The number of benzene rings is 1. The summed E-state index contributed by atoms with van der Waals surface area (Å²) < 4.78 is 2.01. The van der Waals surface area contributed by atoms with Gasteiger partial charge in [-0.1, -0.05) is 69.7 Å². The highest BCUT2D eigenvalue weighted by molar-refractivity contribution is 5.95. The zero-order valence-corrected chi connectivity index (χ0v) is 18.8. The van der Waals surface area contributed by atoms with Crippen molar-refractivity contribution in [3.63, 3.8) is 0 Å². The van der Waals surface area contributed by atoms with Gasteiger partial charge in [0.15, 0.2) is 5.82 Å². The van der Waals surface area contributed by atoms with Crippen LogP contribution in [0.25, 0.3) is 11.1 Å². The van der Waals surface area contributed by atoms with E-state index in [-0.39, 0.29) is 5.56 Å². The number of hydrogen-bond acceptors (Lipinski definition) is 4. The van der Waals surface area contributed by atoms with E-state index in [9.17, 15) is 9.90 Å². The van der Waals surface area contributed by atoms with Crippen molar-refractivity contribution in [3.05, 3.63) is 65.5 Å². The zero-order valence-electron chi connectivity index (χ0n) is 18.8. The molecule has 4 rings (SSSR count). The molecule has 0 unspecified atom stereocenters. The van der Waals surface area contributed by atoms with E-state index in [1.807, 2.05) is 28.9 Å². The second-order valence-corrected chi connectivity index (χ2v) is 8.80. The van der Waals surface area contributed by atoms with Crippen molar-refractivity contribution in [1.82, 2.24) is 19.7 Å². The van der Waals surface area contributed by atoms with Gasteiger partial charge in [-0.05, 0) is 30.0 Å². The fourth-order valence-corrected chi connectivity index (χ4v) is 4.56. The first-order valence-corrected chi connectivity index (χ1v) is 11.8. The maximum absolute atomic E-state index is 11.5. The maximum Gasteiger partial charge on any atom is 0.336 e. The molecule has 0 spiro atoms. The van der Waals surface area contributed by atoms with Crippen LogP contribution >= 0.6 is 0 Å². The van der Waals surface area contributed by atoms with Gasteiger partial charge in [-0.25, -0.2) is 14.5 Å². The second-order valence-electron chi connectivity index (χ2n) is 8.80. The Bertz CT molecular complexity index is 1040. The van der Waals surface area contributed by atoms with Crippen LogP contribution in [0.15, 0.2) is 42.6 Å². The molecule has 1 aromatic carbocycles. The summed E-state index contributed by atoms with van der Waals surface area (Å²) in [5.41, 5.74) is 2.66. The number of unbranched alkanes of at least 4 members (excludes halogenated alkanes) is 1. The lowest BCUT2D eigenvalue weighted by molar-refractivity contribution is 0.0697. The summed E-state index contributed by atoms with van der Waals surface area (Å²) in [6, 6.07) is 10.9. The van der Waals surface area contributed by atoms with Crippen LogP contribution in [0.5, 0.6) is 0 Å². The molecule has 0 atom stereocenters. The number of rotatable bonds is 9. The number of carbonyl (C=O) groups is 1. The number of hydrogen-bond donors (Lipinski definition) is 1. The summed E-state index contributed by atoms with van der Waals surface area (Å²) >= 11 is 0. The van der Waals surface area contributed by atoms with Crippen molar-refractivity contribution in [3.8, 4) is 11.1 Å². The van der Waals surface area contributed by atoms with Gasteiger partial charge in [-0.2, -0.15) is 5.10 Å². The SMILES string of the molecule is CCCCc1nc(CC2CCCCC2)nn1Cc1ccc(-c2ccccc2C(=O)O)cn1. The molecule has 0 amide bonds. The zero-order chi connectivity index (χ0) is 22.3. The van der Waals surface area contributed by atoms with Gasteiger partial charge >= 0.3 is 5.97 Å². The molecule has 168 valence electrons. The first kappa shape index (κ1) is 22.2. The van der Waals surface area contributed by atoms with Crippen molar-refractivity contribution in [2.75, 3.05) is 0 Å². The van der Waals surface area contributed by atoms with E-state index in [0.29, 0.717) is 18.0 Å². The molecular formula is C26H32N4O2. The minimum absolute atomic E-state index is 0.285. The molecule has 0 bridgehead atoms. The Morgan fingerprint density at radius 3 is 2.66 bits per heavy atom. The van der Waals surface area contributed by atoms with Crippen LogP contribution in [0, 0.1) is 5.92 Å². The number of aromatic carboxylic acids is 1. The summed E-state index contributed by atoms with van der Waals surface area (Å²) in [5, 5.41) is 14.3. The average molecular weight is 433 g/mol. The fourth-order valence-electron chi connectivity index (χ4n) is 4.56. The third kappa shape index (κ3) is 5.42. The topological polar surface area (TPSA) is 80.9 Å². The van der Waals surface area contributed by atoms with E-state index in [4.69, 9.17) is 10.1 Å². The van der Waals surface area contributed by atoms with Gasteiger partial charge in [0.2, 0.25) is 0 Å². The molecule has 0 saturated heterocycles. The molecule has 1 aliphatic rings. The number of aryl methyl sites for hydroxylation is 1. The van der Waals surface area contributed by atoms with Crippen LogP contribution in [0.1, 0.15) is 79.6 Å². The number of pyridine rings is 1. The van der Waals surface area contributed by atoms with Crippen molar-refractivity contribution in [1.29, 1.82) is 0 Å².